The summed E-state index contributed by atoms with van der Waals surface area (Å²) in [6.07, 6.45) is 4.11. The SMILES string of the molecule is CC(=O)OC/C=C/Oc1ccccc1C(=O)CCc1ccccc1. The third-order valence-corrected chi connectivity index (χ3v) is 3.35. The second-order valence-corrected chi connectivity index (χ2v) is 5.20. The van der Waals surface area contributed by atoms with E-state index in [9.17, 15) is 9.59 Å². The number of carbonyl (C=O) groups excluding carboxylic acids is 2. The van der Waals surface area contributed by atoms with Crippen LogP contribution < -0.4 is 4.74 Å². The average Bonchev–Trinajstić information content (AvgIpc) is 2.60. The molecule has 0 aliphatic carbocycles. The van der Waals surface area contributed by atoms with E-state index in [0.29, 0.717) is 24.2 Å². The molecule has 2 aromatic carbocycles. The molecule has 0 aliphatic heterocycles. The Hall–Kier alpha value is -2.88. The van der Waals surface area contributed by atoms with Crippen LogP contribution in [0.5, 0.6) is 5.75 Å². The Labute approximate surface area is 141 Å². The van der Waals surface area contributed by atoms with E-state index in [-0.39, 0.29) is 18.4 Å². The molecule has 2 rings (SSSR count). The van der Waals surface area contributed by atoms with Crippen molar-refractivity contribution in [3.63, 3.8) is 0 Å². The number of hydrogen-bond acceptors (Lipinski definition) is 4. The molecule has 4 nitrogen and oxygen atoms in total. The maximum Gasteiger partial charge on any atom is 0.302 e. The number of ketones is 1. The van der Waals surface area contributed by atoms with Gasteiger partial charge in [0.25, 0.3) is 0 Å². The number of esters is 1. The highest BCUT2D eigenvalue weighted by molar-refractivity contribution is 5.98. The molecule has 0 N–H and O–H groups in total. The highest BCUT2D eigenvalue weighted by atomic mass is 16.5. The summed E-state index contributed by atoms with van der Waals surface area (Å²) in [5.41, 5.74) is 1.68. The lowest BCUT2D eigenvalue weighted by Crippen LogP contribution is -2.03. The maximum absolute atomic E-state index is 12.4. The van der Waals surface area contributed by atoms with Gasteiger partial charge in [-0.15, -0.1) is 0 Å². The molecule has 0 radical (unpaired) electrons. The van der Waals surface area contributed by atoms with Crippen molar-refractivity contribution in [3.05, 3.63) is 78.1 Å². The molecule has 0 spiro atoms. The van der Waals surface area contributed by atoms with E-state index in [2.05, 4.69) is 0 Å². The molecule has 0 bridgehead atoms. The van der Waals surface area contributed by atoms with E-state index >= 15 is 0 Å². The van der Waals surface area contributed by atoms with Crippen molar-refractivity contribution in [2.75, 3.05) is 6.61 Å². The number of ether oxygens (including phenoxy) is 2. The fourth-order valence-corrected chi connectivity index (χ4v) is 2.16. The number of carbonyl (C=O) groups is 2. The normalized spacial score (nSPS) is 10.5. The van der Waals surface area contributed by atoms with Crippen molar-refractivity contribution in [2.45, 2.75) is 19.8 Å². The summed E-state index contributed by atoms with van der Waals surface area (Å²) in [7, 11) is 0. The zero-order valence-corrected chi connectivity index (χ0v) is 13.6. The van der Waals surface area contributed by atoms with Crippen LogP contribution >= 0.6 is 0 Å². The monoisotopic (exact) mass is 324 g/mol. The summed E-state index contributed by atoms with van der Waals surface area (Å²) < 4.78 is 10.3. The predicted molar refractivity (Wildman–Crippen MR) is 91.9 cm³/mol. The van der Waals surface area contributed by atoms with Gasteiger partial charge in [-0.2, -0.15) is 0 Å². The molecule has 0 saturated carbocycles. The summed E-state index contributed by atoms with van der Waals surface area (Å²) in [5, 5.41) is 0. The molecular weight excluding hydrogens is 304 g/mol. The summed E-state index contributed by atoms with van der Waals surface area (Å²) in [6.45, 7) is 1.48. The molecule has 0 atom stereocenters. The number of hydrogen-bond donors (Lipinski definition) is 0. The van der Waals surface area contributed by atoms with Gasteiger partial charge in [0.15, 0.2) is 5.78 Å². The van der Waals surface area contributed by atoms with Gasteiger partial charge in [0.2, 0.25) is 0 Å². The van der Waals surface area contributed by atoms with Gasteiger partial charge in [0.1, 0.15) is 12.4 Å². The zero-order chi connectivity index (χ0) is 17.2. The Kier molecular flexibility index (Phi) is 6.77. The highest BCUT2D eigenvalue weighted by Crippen LogP contribution is 2.20. The van der Waals surface area contributed by atoms with Crippen molar-refractivity contribution in [1.29, 1.82) is 0 Å². The lowest BCUT2D eigenvalue weighted by molar-refractivity contribution is -0.139. The number of para-hydroxylation sites is 1. The molecule has 2 aromatic rings. The Bertz CT molecular complexity index is 705. The minimum absolute atomic E-state index is 0.0304. The summed E-state index contributed by atoms with van der Waals surface area (Å²) in [6, 6.07) is 17.0. The lowest BCUT2D eigenvalue weighted by atomic mass is 10.0. The molecule has 124 valence electrons. The largest absolute Gasteiger partial charge is 0.464 e. The molecular formula is C20H20O4. The molecule has 0 amide bonds. The second-order valence-electron chi connectivity index (χ2n) is 5.20. The molecule has 0 heterocycles. The van der Waals surface area contributed by atoms with Gasteiger partial charge in [-0.3, -0.25) is 9.59 Å². The van der Waals surface area contributed by atoms with Crippen LogP contribution in [-0.2, 0) is 16.0 Å². The minimum Gasteiger partial charge on any atom is -0.464 e. The molecule has 0 aliphatic rings. The summed E-state index contributed by atoms with van der Waals surface area (Å²) >= 11 is 0. The van der Waals surface area contributed by atoms with Gasteiger partial charge >= 0.3 is 5.97 Å². The topological polar surface area (TPSA) is 52.6 Å². The van der Waals surface area contributed by atoms with E-state index in [1.54, 1.807) is 18.2 Å². The Morgan fingerprint density at radius 2 is 1.71 bits per heavy atom. The molecule has 0 fully saturated rings. The molecule has 0 aromatic heterocycles. The summed E-state index contributed by atoms with van der Waals surface area (Å²) in [5.74, 6) is 0.175. The van der Waals surface area contributed by atoms with E-state index in [1.165, 1.54) is 13.2 Å². The summed E-state index contributed by atoms with van der Waals surface area (Å²) in [4.78, 5) is 23.1. The first-order valence-electron chi connectivity index (χ1n) is 7.78. The second kappa shape index (κ2) is 9.30. The van der Waals surface area contributed by atoms with Gasteiger partial charge < -0.3 is 9.47 Å². The number of benzene rings is 2. The van der Waals surface area contributed by atoms with E-state index in [0.717, 1.165) is 5.56 Å². The predicted octanol–water partition coefficient (Wildman–Crippen LogP) is 3.96. The molecule has 24 heavy (non-hydrogen) atoms. The smallest absolute Gasteiger partial charge is 0.302 e. The van der Waals surface area contributed by atoms with Gasteiger partial charge in [-0.25, -0.2) is 0 Å². The third kappa shape index (κ3) is 5.72. The van der Waals surface area contributed by atoms with Crippen molar-refractivity contribution >= 4 is 11.8 Å². The Balaban J connectivity index is 1.94. The average molecular weight is 324 g/mol. The van der Waals surface area contributed by atoms with Crippen molar-refractivity contribution in [1.82, 2.24) is 0 Å². The van der Waals surface area contributed by atoms with Crippen LogP contribution in [0.4, 0.5) is 0 Å². The Morgan fingerprint density at radius 1 is 1.00 bits per heavy atom. The maximum atomic E-state index is 12.4. The highest BCUT2D eigenvalue weighted by Gasteiger charge is 2.11. The van der Waals surface area contributed by atoms with Crippen LogP contribution in [0.2, 0.25) is 0 Å². The number of rotatable bonds is 8. The van der Waals surface area contributed by atoms with Crippen LogP contribution in [0, 0.1) is 0 Å². The van der Waals surface area contributed by atoms with E-state index in [4.69, 9.17) is 9.47 Å². The van der Waals surface area contributed by atoms with E-state index < -0.39 is 0 Å². The van der Waals surface area contributed by atoms with Crippen LogP contribution in [0.3, 0.4) is 0 Å². The van der Waals surface area contributed by atoms with E-state index in [1.807, 2.05) is 42.5 Å². The first-order chi connectivity index (χ1) is 11.7. The third-order valence-electron chi connectivity index (χ3n) is 3.35. The van der Waals surface area contributed by atoms with Crippen molar-refractivity contribution < 1.29 is 19.1 Å². The van der Waals surface area contributed by atoms with Gasteiger partial charge in [-0.1, -0.05) is 42.5 Å². The van der Waals surface area contributed by atoms with Crippen LogP contribution in [-0.4, -0.2) is 18.4 Å². The first kappa shape index (κ1) is 17.5. The number of aryl methyl sites for hydroxylation is 1. The van der Waals surface area contributed by atoms with Gasteiger partial charge in [0, 0.05) is 13.3 Å². The van der Waals surface area contributed by atoms with Gasteiger partial charge in [-0.05, 0) is 30.2 Å². The molecule has 0 saturated heterocycles. The zero-order valence-electron chi connectivity index (χ0n) is 13.6. The quantitative estimate of drug-likeness (QED) is 0.419. The van der Waals surface area contributed by atoms with Crippen molar-refractivity contribution in [2.24, 2.45) is 0 Å². The van der Waals surface area contributed by atoms with Crippen LogP contribution in [0.15, 0.2) is 66.9 Å². The Morgan fingerprint density at radius 3 is 2.46 bits per heavy atom. The minimum atomic E-state index is -0.351. The lowest BCUT2D eigenvalue weighted by Gasteiger charge is -2.07. The standard InChI is InChI=1S/C20H20O4/c1-16(21)23-14-7-15-24-20-11-6-5-10-18(20)19(22)13-12-17-8-3-2-4-9-17/h2-11,15H,12-14H2,1H3/b15-7+. The molecule has 0 unspecified atom stereocenters. The molecule has 4 heteroatoms. The van der Waals surface area contributed by atoms with Gasteiger partial charge in [0.05, 0.1) is 11.8 Å². The van der Waals surface area contributed by atoms with Crippen molar-refractivity contribution in [3.8, 4) is 5.75 Å². The first-order valence-corrected chi connectivity index (χ1v) is 7.78. The van der Waals surface area contributed by atoms with Crippen LogP contribution in [0.25, 0.3) is 0 Å². The van der Waals surface area contributed by atoms with Crippen LogP contribution in [0.1, 0.15) is 29.3 Å². The fraction of sp³-hybridized carbons (Fsp3) is 0.200. The number of Topliss-reactive ketones (excluding diaryl/α,β-unsaturated/α-hetero) is 1. The fourth-order valence-electron chi connectivity index (χ4n) is 2.16.